The van der Waals surface area contributed by atoms with E-state index < -0.39 is 0 Å². The first-order chi connectivity index (χ1) is 8.61. The fourth-order valence-electron chi connectivity index (χ4n) is 1.80. The van der Waals surface area contributed by atoms with Crippen molar-refractivity contribution in [1.29, 1.82) is 0 Å². The molecule has 2 nitrogen and oxygen atoms in total. The van der Waals surface area contributed by atoms with Gasteiger partial charge < -0.3 is 10.5 Å². The zero-order chi connectivity index (χ0) is 13.1. The molecule has 0 saturated carbocycles. The molecular formula is C14H13Br2NO. The highest BCUT2D eigenvalue weighted by Gasteiger charge is 2.14. The lowest BCUT2D eigenvalue weighted by molar-refractivity contribution is 0.407. The van der Waals surface area contributed by atoms with E-state index in [2.05, 4.69) is 31.9 Å². The zero-order valence-electron chi connectivity index (χ0n) is 9.86. The minimum atomic E-state index is -0.203. The van der Waals surface area contributed by atoms with Crippen LogP contribution in [0.2, 0.25) is 0 Å². The molecule has 2 aromatic carbocycles. The molecule has 0 aromatic heterocycles. The summed E-state index contributed by atoms with van der Waals surface area (Å²) in [7, 11) is 1.65. The van der Waals surface area contributed by atoms with Gasteiger partial charge in [0.15, 0.2) is 0 Å². The summed E-state index contributed by atoms with van der Waals surface area (Å²) in [5.74, 6) is 0.800. The van der Waals surface area contributed by atoms with Crippen LogP contribution >= 0.6 is 31.9 Å². The monoisotopic (exact) mass is 369 g/mol. The Bertz CT molecular complexity index is 540. The van der Waals surface area contributed by atoms with E-state index in [1.54, 1.807) is 7.11 Å². The van der Waals surface area contributed by atoms with Gasteiger partial charge in [0, 0.05) is 14.5 Å². The molecule has 1 atom stereocenters. The minimum absolute atomic E-state index is 0.203. The maximum Gasteiger partial charge on any atom is 0.124 e. The van der Waals surface area contributed by atoms with Gasteiger partial charge in [-0.1, -0.05) is 44.0 Å². The molecule has 1 unspecified atom stereocenters. The van der Waals surface area contributed by atoms with Gasteiger partial charge >= 0.3 is 0 Å². The number of nitrogens with two attached hydrogens (primary N) is 1. The van der Waals surface area contributed by atoms with Gasteiger partial charge in [0.2, 0.25) is 0 Å². The summed E-state index contributed by atoms with van der Waals surface area (Å²) in [6.45, 7) is 0. The number of hydrogen-bond donors (Lipinski definition) is 1. The van der Waals surface area contributed by atoms with E-state index in [1.165, 1.54) is 0 Å². The second-order valence-corrected chi connectivity index (χ2v) is 5.75. The van der Waals surface area contributed by atoms with Crippen molar-refractivity contribution in [2.24, 2.45) is 5.73 Å². The predicted molar refractivity (Wildman–Crippen MR) is 80.9 cm³/mol. The Morgan fingerprint density at radius 2 is 1.61 bits per heavy atom. The van der Waals surface area contributed by atoms with Crippen LogP contribution < -0.4 is 10.5 Å². The molecule has 18 heavy (non-hydrogen) atoms. The Balaban J connectivity index is 2.41. The topological polar surface area (TPSA) is 35.2 Å². The Labute approximate surface area is 123 Å². The lowest BCUT2D eigenvalue weighted by atomic mass is 9.99. The zero-order valence-corrected chi connectivity index (χ0v) is 13.0. The fourth-order valence-corrected chi connectivity index (χ4v) is 2.44. The van der Waals surface area contributed by atoms with Crippen LogP contribution in [0.15, 0.2) is 51.4 Å². The van der Waals surface area contributed by atoms with E-state index in [0.29, 0.717) is 0 Å². The molecule has 0 aliphatic carbocycles. The van der Waals surface area contributed by atoms with E-state index in [0.717, 1.165) is 25.8 Å². The van der Waals surface area contributed by atoms with Crippen LogP contribution in [0.4, 0.5) is 0 Å². The summed E-state index contributed by atoms with van der Waals surface area (Å²) in [6.07, 6.45) is 0. The van der Waals surface area contributed by atoms with Crippen LogP contribution in [-0.2, 0) is 0 Å². The van der Waals surface area contributed by atoms with E-state index in [-0.39, 0.29) is 6.04 Å². The molecule has 2 N–H and O–H groups in total. The molecule has 2 rings (SSSR count). The number of methoxy groups -OCH3 is 1. The third kappa shape index (κ3) is 2.94. The summed E-state index contributed by atoms with van der Waals surface area (Å²) in [5, 5.41) is 0. The van der Waals surface area contributed by atoms with Gasteiger partial charge in [0.25, 0.3) is 0 Å². The first kappa shape index (κ1) is 13.6. The second kappa shape index (κ2) is 5.87. The van der Waals surface area contributed by atoms with Crippen molar-refractivity contribution in [2.45, 2.75) is 6.04 Å². The third-order valence-corrected chi connectivity index (χ3v) is 3.78. The summed E-state index contributed by atoms with van der Waals surface area (Å²) in [6, 6.07) is 13.6. The van der Waals surface area contributed by atoms with Gasteiger partial charge in [0.05, 0.1) is 13.2 Å². The number of rotatable bonds is 3. The number of hydrogen-bond acceptors (Lipinski definition) is 2. The maximum absolute atomic E-state index is 6.30. The molecule has 0 amide bonds. The highest BCUT2D eigenvalue weighted by molar-refractivity contribution is 9.10. The number of halogens is 2. The van der Waals surface area contributed by atoms with Gasteiger partial charge in [-0.3, -0.25) is 0 Å². The summed E-state index contributed by atoms with van der Waals surface area (Å²) in [4.78, 5) is 0. The van der Waals surface area contributed by atoms with Gasteiger partial charge in [-0.2, -0.15) is 0 Å². The van der Waals surface area contributed by atoms with Gasteiger partial charge in [-0.15, -0.1) is 0 Å². The fraction of sp³-hybridized carbons (Fsp3) is 0.143. The van der Waals surface area contributed by atoms with Gasteiger partial charge in [-0.05, 0) is 35.9 Å². The third-order valence-electron chi connectivity index (χ3n) is 2.76. The molecule has 0 spiro atoms. The van der Waals surface area contributed by atoms with Crippen molar-refractivity contribution in [3.05, 3.63) is 62.5 Å². The molecule has 0 bridgehead atoms. The first-order valence-electron chi connectivity index (χ1n) is 5.46. The standard InChI is InChI=1S/C14H13Br2NO/c1-18-13-7-6-11(16)8-12(13)14(17)9-2-4-10(15)5-3-9/h2-8,14H,17H2,1H3. The van der Waals surface area contributed by atoms with Crippen LogP contribution in [0.25, 0.3) is 0 Å². The SMILES string of the molecule is COc1ccc(Br)cc1C(N)c1ccc(Br)cc1. The quantitative estimate of drug-likeness (QED) is 0.875. The number of benzene rings is 2. The van der Waals surface area contributed by atoms with Crippen molar-refractivity contribution < 1.29 is 4.74 Å². The Morgan fingerprint density at radius 1 is 1.00 bits per heavy atom. The van der Waals surface area contributed by atoms with E-state index in [1.807, 2.05) is 42.5 Å². The van der Waals surface area contributed by atoms with Gasteiger partial charge in [-0.25, -0.2) is 0 Å². The predicted octanol–water partition coefficient (Wildman–Crippen LogP) is 4.27. The van der Waals surface area contributed by atoms with E-state index in [9.17, 15) is 0 Å². The van der Waals surface area contributed by atoms with Crippen LogP contribution in [-0.4, -0.2) is 7.11 Å². The highest BCUT2D eigenvalue weighted by atomic mass is 79.9. The molecule has 0 fully saturated rings. The average Bonchev–Trinajstić information content (AvgIpc) is 2.39. The average molecular weight is 371 g/mol. The molecule has 4 heteroatoms. The van der Waals surface area contributed by atoms with Crippen molar-refractivity contribution in [2.75, 3.05) is 7.11 Å². The molecule has 0 saturated heterocycles. The molecule has 0 heterocycles. The lowest BCUT2D eigenvalue weighted by Gasteiger charge is -2.16. The van der Waals surface area contributed by atoms with Crippen molar-refractivity contribution in [3.63, 3.8) is 0 Å². The maximum atomic E-state index is 6.30. The Hall–Kier alpha value is -0.840. The smallest absolute Gasteiger partial charge is 0.124 e. The van der Waals surface area contributed by atoms with Crippen LogP contribution in [0.3, 0.4) is 0 Å². The highest BCUT2D eigenvalue weighted by Crippen LogP contribution is 2.31. The molecular weight excluding hydrogens is 358 g/mol. The minimum Gasteiger partial charge on any atom is -0.496 e. The normalized spacial score (nSPS) is 12.2. The number of ether oxygens (including phenoxy) is 1. The Kier molecular flexibility index (Phi) is 4.43. The van der Waals surface area contributed by atoms with Crippen LogP contribution in [0.5, 0.6) is 5.75 Å². The van der Waals surface area contributed by atoms with Crippen molar-refractivity contribution >= 4 is 31.9 Å². The van der Waals surface area contributed by atoms with Crippen molar-refractivity contribution in [1.82, 2.24) is 0 Å². The van der Waals surface area contributed by atoms with Crippen molar-refractivity contribution in [3.8, 4) is 5.75 Å². The summed E-state index contributed by atoms with van der Waals surface area (Å²) < 4.78 is 7.39. The van der Waals surface area contributed by atoms with Gasteiger partial charge in [0.1, 0.15) is 5.75 Å². The van der Waals surface area contributed by atoms with E-state index >= 15 is 0 Å². The van der Waals surface area contributed by atoms with E-state index in [4.69, 9.17) is 10.5 Å². The summed E-state index contributed by atoms with van der Waals surface area (Å²) >= 11 is 6.88. The molecule has 0 radical (unpaired) electrons. The second-order valence-electron chi connectivity index (χ2n) is 3.92. The lowest BCUT2D eigenvalue weighted by Crippen LogP contribution is -2.13. The molecule has 2 aromatic rings. The van der Waals surface area contributed by atoms with Crippen LogP contribution in [0, 0.1) is 0 Å². The molecule has 0 aliphatic rings. The molecule has 94 valence electrons. The molecule has 0 aliphatic heterocycles. The first-order valence-corrected chi connectivity index (χ1v) is 7.05. The van der Waals surface area contributed by atoms with Crippen LogP contribution in [0.1, 0.15) is 17.2 Å². The summed E-state index contributed by atoms with van der Waals surface area (Å²) in [5.41, 5.74) is 8.31. The Morgan fingerprint density at radius 3 is 2.22 bits per heavy atom. The largest absolute Gasteiger partial charge is 0.496 e.